The quantitative estimate of drug-likeness (QED) is 0.524. The standard InChI is InChI=1S/C18H22N2O7/c1-9(21)26-10-5-6-11-12(7-10)19-15-18(11,25)8-13(14(22)23)20(15)16(24)27-17(2,3)4/h5-7,13,15,19,25H,8H2,1-4H3,(H,22,23)/t13-,15-,18+/m0/s1. The molecule has 0 saturated carbocycles. The van der Waals surface area contributed by atoms with Gasteiger partial charge in [0.15, 0.2) is 0 Å². The van der Waals surface area contributed by atoms with E-state index in [1.165, 1.54) is 19.1 Å². The number of hydrogen-bond donors (Lipinski definition) is 3. The van der Waals surface area contributed by atoms with Crippen molar-refractivity contribution in [3.63, 3.8) is 0 Å². The first kappa shape index (κ1) is 19.0. The van der Waals surface area contributed by atoms with E-state index in [1.54, 1.807) is 26.8 Å². The number of esters is 1. The van der Waals surface area contributed by atoms with Crippen molar-refractivity contribution in [2.45, 2.75) is 57.5 Å². The predicted octanol–water partition coefficient (Wildman–Crippen LogP) is 1.65. The molecule has 0 bridgehead atoms. The van der Waals surface area contributed by atoms with Crippen molar-refractivity contribution in [3.05, 3.63) is 23.8 Å². The number of carbonyl (C=O) groups is 3. The van der Waals surface area contributed by atoms with E-state index < -0.39 is 41.4 Å². The normalized spacial score (nSPS) is 26.0. The number of hydrogen-bond acceptors (Lipinski definition) is 7. The second-order valence-electron chi connectivity index (χ2n) is 7.72. The maximum Gasteiger partial charge on any atom is 0.412 e. The molecule has 27 heavy (non-hydrogen) atoms. The highest BCUT2D eigenvalue weighted by molar-refractivity contribution is 5.84. The monoisotopic (exact) mass is 378 g/mol. The van der Waals surface area contributed by atoms with E-state index in [0.29, 0.717) is 11.3 Å². The summed E-state index contributed by atoms with van der Waals surface area (Å²) < 4.78 is 10.4. The number of rotatable bonds is 2. The van der Waals surface area contributed by atoms with Crippen molar-refractivity contribution < 1.29 is 34.1 Å². The van der Waals surface area contributed by atoms with Gasteiger partial charge in [0.05, 0.1) is 0 Å². The Morgan fingerprint density at radius 3 is 2.52 bits per heavy atom. The average molecular weight is 378 g/mol. The highest BCUT2D eigenvalue weighted by atomic mass is 16.6. The lowest BCUT2D eigenvalue weighted by Gasteiger charge is -2.31. The van der Waals surface area contributed by atoms with E-state index in [1.807, 2.05) is 0 Å². The lowest BCUT2D eigenvalue weighted by molar-refractivity contribution is -0.142. The minimum atomic E-state index is -1.61. The molecule has 2 heterocycles. The van der Waals surface area contributed by atoms with Gasteiger partial charge in [-0.15, -0.1) is 0 Å². The summed E-state index contributed by atoms with van der Waals surface area (Å²) in [5.74, 6) is -1.45. The van der Waals surface area contributed by atoms with Crippen LogP contribution in [0.5, 0.6) is 5.75 Å². The summed E-state index contributed by atoms with van der Waals surface area (Å²) in [6.07, 6.45) is -2.05. The molecule has 1 aromatic rings. The zero-order chi connectivity index (χ0) is 20.1. The second-order valence-corrected chi connectivity index (χ2v) is 7.72. The SMILES string of the molecule is CC(=O)Oc1ccc2c(c1)N[C@H]1N(C(=O)OC(C)(C)C)[C@H](C(=O)O)C[C@@]21O. The molecule has 1 amide bonds. The van der Waals surface area contributed by atoms with Gasteiger partial charge in [0, 0.05) is 30.7 Å². The van der Waals surface area contributed by atoms with Gasteiger partial charge in [-0.3, -0.25) is 9.69 Å². The Bertz CT molecular complexity index is 816. The van der Waals surface area contributed by atoms with Crippen LogP contribution in [-0.2, 0) is 19.9 Å². The number of carboxylic acids is 1. The van der Waals surface area contributed by atoms with Crippen molar-refractivity contribution in [2.24, 2.45) is 0 Å². The number of likely N-dealkylation sites (tertiary alicyclic amines) is 1. The Morgan fingerprint density at radius 2 is 1.96 bits per heavy atom. The molecule has 0 spiro atoms. The topological polar surface area (TPSA) is 125 Å². The third-order valence-corrected chi connectivity index (χ3v) is 4.47. The lowest BCUT2D eigenvalue weighted by Crippen LogP contribution is -2.51. The molecule has 1 aromatic carbocycles. The summed E-state index contributed by atoms with van der Waals surface area (Å²) in [6, 6.07) is 3.34. The molecule has 146 valence electrons. The summed E-state index contributed by atoms with van der Waals surface area (Å²) in [7, 11) is 0. The number of aliphatic carboxylic acids is 1. The van der Waals surface area contributed by atoms with Gasteiger partial charge in [0.1, 0.15) is 29.2 Å². The first-order valence-electron chi connectivity index (χ1n) is 8.48. The summed E-state index contributed by atoms with van der Waals surface area (Å²) in [6.45, 7) is 6.28. The number of benzene rings is 1. The van der Waals surface area contributed by atoms with Crippen LogP contribution in [0.1, 0.15) is 39.7 Å². The summed E-state index contributed by atoms with van der Waals surface area (Å²) >= 11 is 0. The molecule has 0 aromatic heterocycles. The van der Waals surface area contributed by atoms with Crippen LogP contribution in [0.4, 0.5) is 10.5 Å². The maximum absolute atomic E-state index is 12.6. The highest BCUT2D eigenvalue weighted by Crippen LogP contribution is 2.50. The Morgan fingerprint density at radius 1 is 1.30 bits per heavy atom. The third kappa shape index (κ3) is 3.30. The van der Waals surface area contributed by atoms with Gasteiger partial charge < -0.3 is 25.0 Å². The third-order valence-electron chi connectivity index (χ3n) is 4.47. The number of nitrogens with one attached hydrogen (secondary N) is 1. The average Bonchev–Trinajstić information content (AvgIpc) is 2.93. The number of amides is 1. The van der Waals surface area contributed by atoms with E-state index >= 15 is 0 Å². The van der Waals surface area contributed by atoms with E-state index in [2.05, 4.69) is 5.32 Å². The maximum atomic E-state index is 12.6. The summed E-state index contributed by atoms with van der Waals surface area (Å²) in [4.78, 5) is 36.5. The number of carbonyl (C=O) groups excluding carboxylic acids is 2. The van der Waals surface area contributed by atoms with Crippen LogP contribution in [0.2, 0.25) is 0 Å². The van der Waals surface area contributed by atoms with Gasteiger partial charge in [-0.2, -0.15) is 0 Å². The Kier molecular flexibility index (Phi) is 4.30. The Hall–Kier alpha value is -2.81. The van der Waals surface area contributed by atoms with Gasteiger partial charge in [0.2, 0.25) is 0 Å². The zero-order valence-corrected chi connectivity index (χ0v) is 15.5. The van der Waals surface area contributed by atoms with Crippen LogP contribution in [0.25, 0.3) is 0 Å². The number of anilines is 1. The Labute approximate surface area is 155 Å². The summed E-state index contributed by atoms with van der Waals surface area (Å²) in [5, 5.41) is 23.7. The lowest BCUT2D eigenvalue weighted by atomic mass is 9.91. The molecule has 3 N–H and O–H groups in total. The number of fused-ring (bicyclic) bond motifs is 3. The van der Waals surface area contributed by atoms with E-state index in [4.69, 9.17) is 9.47 Å². The minimum Gasteiger partial charge on any atom is -0.480 e. The molecule has 3 rings (SSSR count). The van der Waals surface area contributed by atoms with Gasteiger partial charge >= 0.3 is 18.0 Å². The van der Waals surface area contributed by atoms with E-state index in [9.17, 15) is 24.6 Å². The smallest absolute Gasteiger partial charge is 0.412 e. The molecule has 0 radical (unpaired) electrons. The fraction of sp³-hybridized carbons (Fsp3) is 0.500. The fourth-order valence-corrected chi connectivity index (χ4v) is 3.51. The van der Waals surface area contributed by atoms with Crippen LogP contribution < -0.4 is 10.1 Å². The molecule has 9 heteroatoms. The van der Waals surface area contributed by atoms with E-state index in [0.717, 1.165) is 4.90 Å². The van der Waals surface area contributed by atoms with Crippen LogP contribution in [-0.4, -0.2) is 51.0 Å². The molecular formula is C18H22N2O7. The van der Waals surface area contributed by atoms with Crippen LogP contribution in [0.15, 0.2) is 18.2 Å². The molecular weight excluding hydrogens is 356 g/mol. The predicted molar refractivity (Wildman–Crippen MR) is 93.2 cm³/mol. The molecule has 0 aliphatic carbocycles. The van der Waals surface area contributed by atoms with Gasteiger partial charge in [-0.1, -0.05) is 6.07 Å². The zero-order valence-electron chi connectivity index (χ0n) is 15.5. The van der Waals surface area contributed by atoms with Crippen LogP contribution in [0, 0.1) is 0 Å². The molecule has 2 aliphatic heterocycles. The number of ether oxygens (including phenoxy) is 2. The number of carboxylic acid groups (broad SMARTS) is 1. The van der Waals surface area contributed by atoms with E-state index in [-0.39, 0.29) is 12.2 Å². The van der Waals surface area contributed by atoms with Gasteiger partial charge in [-0.05, 0) is 26.8 Å². The van der Waals surface area contributed by atoms with Crippen molar-refractivity contribution in [1.29, 1.82) is 0 Å². The minimum absolute atomic E-state index is 0.195. The number of aliphatic hydroxyl groups is 1. The first-order chi connectivity index (χ1) is 12.4. The van der Waals surface area contributed by atoms with Gasteiger partial charge in [-0.25, -0.2) is 9.59 Å². The molecule has 0 unspecified atom stereocenters. The molecule has 1 fully saturated rings. The van der Waals surface area contributed by atoms with Crippen LogP contribution in [0.3, 0.4) is 0 Å². The molecule has 9 nitrogen and oxygen atoms in total. The molecule has 1 saturated heterocycles. The summed E-state index contributed by atoms with van der Waals surface area (Å²) in [5.41, 5.74) is -1.54. The van der Waals surface area contributed by atoms with Crippen molar-refractivity contribution >= 4 is 23.7 Å². The molecule has 3 atom stereocenters. The second kappa shape index (κ2) is 6.12. The van der Waals surface area contributed by atoms with Crippen molar-refractivity contribution in [1.82, 2.24) is 4.90 Å². The highest BCUT2D eigenvalue weighted by Gasteiger charge is 2.61. The largest absolute Gasteiger partial charge is 0.480 e. The molecule has 2 aliphatic rings. The number of nitrogens with zero attached hydrogens (tertiary/aromatic N) is 1. The van der Waals surface area contributed by atoms with Crippen molar-refractivity contribution in [3.8, 4) is 5.75 Å². The van der Waals surface area contributed by atoms with Crippen LogP contribution >= 0.6 is 0 Å². The Balaban J connectivity index is 1.97. The van der Waals surface area contributed by atoms with Crippen molar-refractivity contribution in [2.75, 3.05) is 5.32 Å². The first-order valence-corrected chi connectivity index (χ1v) is 8.48. The fourth-order valence-electron chi connectivity index (χ4n) is 3.51. The van der Waals surface area contributed by atoms with Gasteiger partial charge in [0.25, 0.3) is 0 Å².